The normalized spacial score (nSPS) is 14.2. The fourth-order valence-electron chi connectivity index (χ4n) is 3.64. The summed E-state index contributed by atoms with van der Waals surface area (Å²) in [6.45, 7) is -6.62. The third kappa shape index (κ3) is 17.7. The van der Waals surface area contributed by atoms with Crippen LogP contribution in [-0.4, -0.2) is 191 Å². The Kier molecular flexibility index (Phi) is 20.0. The molecule has 25 heteroatoms. The van der Waals surface area contributed by atoms with Gasteiger partial charge in [0.1, 0.15) is 0 Å². The van der Waals surface area contributed by atoms with Gasteiger partial charge in [-0.2, -0.15) is 25.3 Å². The van der Waals surface area contributed by atoms with Gasteiger partial charge in [0.2, 0.25) is 0 Å². The largest absolute Gasteiger partial charge is 0.501 e. The first-order valence-corrected chi connectivity index (χ1v) is 20.6. The second-order valence-corrected chi connectivity index (χ2v) is 18.2. The Labute approximate surface area is 269 Å². The zero-order valence-electron chi connectivity index (χ0n) is 25.4. The van der Waals surface area contributed by atoms with Crippen molar-refractivity contribution in [3.63, 3.8) is 0 Å². The Bertz CT molecular complexity index is 1040. The van der Waals surface area contributed by atoms with Crippen LogP contribution in [0.2, 0.25) is 6.04 Å². The first-order chi connectivity index (χ1) is 21.2. The molecule has 0 aliphatic carbocycles. The molecule has 0 rings (SSSR count). The molecule has 0 fully saturated rings. The zero-order chi connectivity index (χ0) is 35.8. The van der Waals surface area contributed by atoms with Crippen LogP contribution in [-0.2, 0) is 43.6 Å². The summed E-state index contributed by atoms with van der Waals surface area (Å²) in [6.07, 6.45) is 0.260. The van der Waals surface area contributed by atoms with Gasteiger partial charge in [-0.05, 0) is 0 Å². The van der Waals surface area contributed by atoms with Crippen molar-refractivity contribution in [3.8, 4) is 0 Å². The average molecular weight is 756 g/mol. The topological polar surface area (TPSA) is 348 Å². The van der Waals surface area contributed by atoms with Gasteiger partial charge in [0.15, 0.2) is 0 Å². The van der Waals surface area contributed by atoms with Crippen molar-refractivity contribution in [2.45, 2.75) is 36.0 Å². The fourth-order valence-corrected chi connectivity index (χ4v) is 7.50. The van der Waals surface area contributed by atoms with E-state index in [1.165, 1.54) is 0 Å². The molecule has 12 N–H and O–H groups in total. The maximum absolute atomic E-state index is 11.2. The minimum absolute atomic E-state index is 0.0686. The number of aliphatic hydroxyl groups excluding tert-OH is 6. The molecule has 0 saturated carbocycles. The molecule has 278 valence electrons. The van der Waals surface area contributed by atoms with Crippen LogP contribution in [0.5, 0.6) is 0 Å². The van der Waals surface area contributed by atoms with E-state index in [-0.39, 0.29) is 12.5 Å². The lowest BCUT2D eigenvalue weighted by Crippen LogP contribution is -2.64. The highest BCUT2D eigenvalue weighted by molar-refractivity contribution is 7.86. The van der Waals surface area contributed by atoms with Gasteiger partial charge in [-0.15, -0.1) is 0 Å². The molecule has 0 aliphatic rings. The zero-order valence-corrected chi connectivity index (χ0v) is 28.9. The second-order valence-electron chi connectivity index (χ2n) is 10.7. The number of aliphatic hydroxyl groups is 6. The molecule has 0 aromatic rings. The lowest BCUT2D eigenvalue weighted by atomic mass is 10.0. The Hall–Kier alpha value is -0.533. The van der Waals surface area contributed by atoms with Crippen LogP contribution in [0, 0.1) is 0 Å². The van der Waals surface area contributed by atoms with Crippen LogP contribution < -0.4 is 16.0 Å². The predicted octanol–water partition coefficient (Wildman–Crippen LogP) is -6.01. The molecule has 21 nitrogen and oxygen atoms in total. The van der Waals surface area contributed by atoms with Gasteiger partial charge in [0.25, 0.3) is 30.4 Å². The van der Waals surface area contributed by atoms with Crippen LogP contribution in [0.25, 0.3) is 0 Å². The van der Waals surface area contributed by atoms with Gasteiger partial charge in [-0.1, -0.05) is 13.3 Å². The van der Waals surface area contributed by atoms with E-state index in [0.29, 0.717) is 0 Å². The van der Waals surface area contributed by atoms with E-state index in [1.807, 2.05) is 0 Å². The van der Waals surface area contributed by atoms with Crippen molar-refractivity contribution >= 4 is 39.2 Å². The summed E-state index contributed by atoms with van der Waals surface area (Å²) >= 11 is 0. The van der Waals surface area contributed by atoms with Crippen LogP contribution in [0.3, 0.4) is 0 Å². The Morgan fingerprint density at radius 3 is 0.935 bits per heavy atom. The first kappa shape index (κ1) is 45.5. The van der Waals surface area contributed by atoms with Gasteiger partial charge in [0.05, 0.1) is 93.3 Å². The summed E-state index contributed by atoms with van der Waals surface area (Å²) in [4.78, 5) is 0. The standard InChI is InChI=1S/C21H49N3O18S3Si/c1-2-9-46(40-16-19(10-25,11-26)22-3-6-43(31,32)33,41-17-20(12-27,13-28)23-4-7-44(34,35)36)42-18-21(14-29,15-30)24-5-8-45(37,38)39/h22-30H,2-18H2,1H3,(H,31,32,33)(H,34,35,36)(H,37,38,39). The van der Waals surface area contributed by atoms with Crippen molar-refractivity contribution in [1.82, 2.24) is 16.0 Å². The quantitative estimate of drug-likeness (QED) is 0.0250. The van der Waals surface area contributed by atoms with Crippen molar-refractivity contribution in [3.05, 3.63) is 0 Å². The Morgan fingerprint density at radius 2 is 0.761 bits per heavy atom. The molecule has 0 unspecified atom stereocenters. The first-order valence-electron chi connectivity index (χ1n) is 13.8. The molecule has 0 aliphatic heterocycles. The van der Waals surface area contributed by atoms with E-state index < -0.39 is 152 Å². The third-order valence-electron chi connectivity index (χ3n) is 6.66. The molecule has 46 heavy (non-hydrogen) atoms. The lowest BCUT2D eigenvalue weighted by molar-refractivity contribution is -0.0367. The highest BCUT2D eigenvalue weighted by atomic mass is 32.2. The number of rotatable bonds is 29. The van der Waals surface area contributed by atoms with Crippen molar-refractivity contribution in [2.24, 2.45) is 0 Å². The maximum atomic E-state index is 11.2. The van der Waals surface area contributed by atoms with Crippen molar-refractivity contribution < 1.29 is 82.8 Å². The highest BCUT2D eigenvalue weighted by Gasteiger charge is 2.47. The smallest absolute Gasteiger partial charge is 0.394 e. The average Bonchev–Trinajstić information content (AvgIpc) is 2.97. The molecule has 0 spiro atoms. The van der Waals surface area contributed by atoms with Gasteiger partial charge >= 0.3 is 8.80 Å². The molecule has 0 saturated heterocycles. The van der Waals surface area contributed by atoms with Gasteiger partial charge in [-0.3, -0.25) is 13.7 Å². The molecule has 0 aromatic carbocycles. The number of hydrogen-bond acceptors (Lipinski definition) is 18. The maximum Gasteiger partial charge on any atom is 0.501 e. The van der Waals surface area contributed by atoms with Crippen LogP contribution >= 0.6 is 0 Å². The van der Waals surface area contributed by atoms with Crippen LogP contribution in [0.1, 0.15) is 13.3 Å². The van der Waals surface area contributed by atoms with Crippen molar-refractivity contribution in [1.29, 1.82) is 0 Å². The minimum Gasteiger partial charge on any atom is -0.394 e. The lowest BCUT2D eigenvalue weighted by Gasteiger charge is -2.41. The van der Waals surface area contributed by atoms with Gasteiger partial charge < -0.3 is 59.9 Å². The Morgan fingerprint density at radius 1 is 0.522 bits per heavy atom. The molecule has 0 bridgehead atoms. The molecule has 0 aromatic heterocycles. The monoisotopic (exact) mass is 755 g/mol. The van der Waals surface area contributed by atoms with Gasteiger partial charge in [-0.25, -0.2) is 0 Å². The molecular formula is C21H49N3O18S3Si. The highest BCUT2D eigenvalue weighted by Crippen LogP contribution is 2.24. The molecule has 0 amide bonds. The number of nitrogens with one attached hydrogen (secondary N) is 3. The third-order valence-corrected chi connectivity index (χ3v) is 11.7. The van der Waals surface area contributed by atoms with E-state index in [0.717, 1.165) is 0 Å². The summed E-state index contributed by atoms with van der Waals surface area (Å²) in [5.41, 5.74) is -5.25. The Balaban J connectivity index is 6.47. The number of hydrogen-bond donors (Lipinski definition) is 12. The summed E-state index contributed by atoms with van der Waals surface area (Å²) in [5, 5.41) is 68.1. The molecular weight excluding hydrogens is 707 g/mol. The minimum atomic E-state index is -4.43. The van der Waals surface area contributed by atoms with E-state index in [2.05, 4.69) is 16.0 Å². The summed E-state index contributed by atoms with van der Waals surface area (Å²) < 4.78 is 112. The summed E-state index contributed by atoms with van der Waals surface area (Å²) in [6, 6.07) is -0.0686. The van der Waals surface area contributed by atoms with Crippen LogP contribution in [0.15, 0.2) is 0 Å². The van der Waals surface area contributed by atoms with E-state index in [9.17, 15) is 55.9 Å². The van der Waals surface area contributed by atoms with Crippen molar-refractivity contribution in [2.75, 3.05) is 96.4 Å². The molecule has 0 heterocycles. The van der Waals surface area contributed by atoms with Gasteiger partial charge in [0, 0.05) is 25.7 Å². The van der Waals surface area contributed by atoms with Crippen LogP contribution in [0.4, 0.5) is 0 Å². The predicted molar refractivity (Wildman–Crippen MR) is 163 cm³/mol. The molecule has 0 atom stereocenters. The molecule has 0 radical (unpaired) electrons. The van der Waals surface area contributed by atoms with E-state index in [1.54, 1.807) is 6.92 Å². The SMILES string of the molecule is CCC[Si](OCC(CO)(CO)NCCS(=O)(=O)O)(OCC(CO)(CO)NCCS(=O)(=O)O)OCC(CO)(CO)NCCS(=O)(=O)O. The van der Waals surface area contributed by atoms with E-state index >= 15 is 0 Å². The fraction of sp³-hybridized carbons (Fsp3) is 1.00. The summed E-state index contributed by atoms with van der Waals surface area (Å²) in [5.74, 6) is -2.39. The van der Waals surface area contributed by atoms with E-state index in [4.69, 9.17) is 26.9 Å². The second kappa shape index (κ2) is 20.2. The summed E-state index contributed by atoms with van der Waals surface area (Å²) in [7, 11) is -17.5.